The van der Waals surface area contributed by atoms with Gasteiger partial charge in [-0.3, -0.25) is 0 Å². The van der Waals surface area contributed by atoms with E-state index in [0.717, 1.165) is 37.1 Å². The van der Waals surface area contributed by atoms with E-state index in [-0.39, 0.29) is 26.4 Å². The van der Waals surface area contributed by atoms with Gasteiger partial charge in [0.05, 0.1) is 0 Å². The molecule has 0 aromatic rings. The summed E-state index contributed by atoms with van der Waals surface area (Å²) in [5, 5.41) is 0. The first-order valence-corrected chi connectivity index (χ1v) is 17.3. The van der Waals surface area contributed by atoms with Crippen LogP contribution in [0.3, 0.4) is 0 Å². The van der Waals surface area contributed by atoms with Crippen molar-refractivity contribution < 1.29 is 44.3 Å². The van der Waals surface area contributed by atoms with E-state index >= 15 is 0 Å². The molecular weight excluding hydrogens is 543 g/mol. The van der Waals surface area contributed by atoms with E-state index in [1.165, 1.54) is 14.2 Å². The Morgan fingerprint density at radius 2 is 0.970 bits per heavy atom. The van der Waals surface area contributed by atoms with Gasteiger partial charge in [0.25, 0.3) is 0 Å². The summed E-state index contributed by atoms with van der Waals surface area (Å²) in [6, 6.07) is 0. The Balaban J connectivity index is 5.26. The van der Waals surface area contributed by atoms with Gasteiger partial charge in [-0.25, -0.2) is 0 Å². The average molecular weight is 579 g/mol. The van der Waals surface area contributed by atoms with Gasteiger partial charge in [-0.2, -0.15) is 0 Å². The molecule has 0 N–H and O–H groups in total. The van der Waals surface area contributed by atoms with Crippen LogP contribution in [0.2, 0.25) is 8.87 Å². The molecule has 0 rings (SSSR count). The minimum atomic E-state index is -4.23. The number of carbonyl (C=O) groups excluding carboxylic acids is 4. The normalized spacial score (nSPS) is 11.5. The number of hydrogen-bond acceptors (Lipinski definition) is 10. The molecule has 0 saturated heterocycles. The number of esters is 2. The topological polar surface area (TPSA) is 124 Å². The molecule has 0 aromatic heterocycles. The van der Waals surface area contributed by atoms with Gasteiger partial charge in [-0.05, 0) is 0 Å². The molecule has 0 bridgehead atoms. The van der Waals surface area contributed by atoms with Crippen LogP contribution in [-0.4, -0.2) is 83.7 Å². The molecule has 0 amide bonds. The third-order valence-corrected chi connectivity index (χ3v) is 13.8. The standard InChI is InChI=1S/2C7H10O5.2C4H9.Sn/c2*1-11-4-5-12-7(10)3-2-6(8)9;2*1-3-4-2;/h2*2-3H,4-5H2,1H3,(H,8,9);2*1,3-4H2,2H3;/q;;;;+2/p-2/b2*3-2-;;;. The van der Waals surface area contributed by atoms with Gasteiger partial charge >= 0.3 is 201 Å². The predicted molar refractivity (Wildman–Crippen MR) is 121 cm³/mol. The average Bonchev–Trinajstić information content (AvgIpc) is 2.79. The minimum absolute atomic E-state index is 0.0583. The summed E-state index contributed by atoms with van der Waals surface area (Å²) in [5.41, 5.74) is 0. The fourth-order valence-corrected chi connectivity index (χ4v) is 12.1. The Morgan fingerprint density at radius 3 is 1.30 bits per heavy atom. The van der Waals surface area contributed by atoms with Crippen molar-refractivity contribution in [1.29, 1.82) is 0 Å². The van der Waals surface area contributed by atoms with Gasteiger partial charge < -0.3 is 0 Å². The first-order valence-electron chi connectivity index (χ1n) is 11.0. The fraction of sp³-hybridized carbons (Fsp3) is 0.636. The van der Waals surface area contributed by atoms with Crippen molar-refractivity contribution >= 4 is 43.1 Å². The van der Waals surface area contributed by atoms with Crippen molar-refractivity contribution in [2.75, 3.05) is 40.6 Å². The van der Waals surface area contributed by atoms with Gasteiger partial charge in [0.1, 0.15) is 0 Å². The summed E-state index contributed by atoms with van der Waals surface area (Å²) in [7, 11) is 2.95. The van der Waals surface area contributed by atoms with E-state index in [1.807, 2.05) is 13.8 Å². The Kier molecular flexibility index (Phi) is 18.4. The Labute approximate surface area is 200 Å². The molecule has 0 aliphatic carbocycles. The zero-order valence-corrected chi connectivity index (χ0v) is 22.8. The van der Waals surface area contributed by atoms with Crippen molar-refractivity contribution in [3.63, 3.8) is 0 Å². The van der Waals surface area contributed by atoms with E-state index in [0.29, 0.717) is 21.7 Å². The van der Waals surface area contributed by atoms with Gasteiger partial charge in [0.2, 0.25) is 0 Å². The summed E-state index contributed by atoms with van der Waals surface area (Å²) in [5.74, 6) is -2.95. The number of rotatable bonds is 18. The quantitative estimate of drug-likeness (QED) is 0.104. The second-order valence-corrected chi connectivity index (χ2v) is 16.2. The van der Waals surface area contributed by atoms with Crippen LogP contribution < -0.4 is 0 Å². The van der Waals surface area contributed by atoms with Crippen LogP contribution in [0.15, 0.2) is 24.3 Å². The maximum absolute atomic E-state index is 12.4. The van der Waals surface area contributed by atoms with Gasteiger partial charge in [0.15, 0.2) is 0 Å². The molecule has 0 atom stereocenters. The van der Waals surface area contributed by atoms with Crippen molar-refractivity contribution in [2.45, 2.75) is 48.4 Å². The Hall–Kier alpha value is -1.92. The van der Waals surface area contributed by atoms with Crippen molar-refractivity contribution in [3.8, 4) is 0 Å². The first kappa shape index (κ1) is 31.1. The Bertz CT molecular complexity index is 604. The third kappa shape index (κ3) is 16.4. The van der Waals surface area contributed by atoms with Crippen LogP contribution in [0.1, 0.15) is 39.5 Å². The zero-order valence-electron chi connectivity index (χ0n) is 20.0. The summed E-state index contributed by atoms with van der Waals surface area (Å²) in [4.78, 5) is 48.2. The van der Waals surface area contributed by atoms with E-state index < -0.39 is 43.1 Å². The molecule has 0 aliphatic rings. The van der Waals surface area contributed by atoms with E-state index in [4.69, 9.17) is 25.1 Å². The molecule has 10 nitrogen and oxygen atoms in total. The van der Waals surface area contributed by atoms with Gasteiger partial charge in [-0.15, -0.1) is 0 Å². The van der Waals surface area contributed by atoms with E-state index in [2.05, 4.69) is 0 Å². The molecule has 0 aromatic carbocycles. The second-order valence-electron chi connectivity index (χ2n) is 6.95. The molecule has 11 heteroatoms. The van der Waals surface area contributed by atoms with Gasteiger partial charge in [0, 0.05) is 0 Å². The number of hydrogen-bond donors (Lipinski definition) is 0. The van der Waals surface area contributed by atoms with E-state index in [9.17, 15) is 19.2 Å². The van der Waals surface area contributed by atoms with E-state index in [1.54, 1.807) is 0 Å². The SMILES string of the molecule is CCC[CH2][Sn]([CH2]CCC)([O]C(=O)/C=C\C(=O)OCCOC)[O]C(=O)/C=C\C(=O)OCCOC. The molecule has 33 heavy (non-hydrogen) atoms. The second kappa shape index (κ2) is 19.5. The van der Waals surface area contributed by atoms with Crippen LogP contribution in [0, 0.1) is 0 Å². The number of methoxy groups -OCH3 is 2. The molecule has 0 aliphatic heterocycles. The molecule has 0 spiro atoms. The van der Waals surface area contributed by atoms with Crippen LogP contribution >= 0.6 is 0 Å². The maximum atomic E-state index is 12.4. The zero-order chi connectivity index (χ0) is 25.0. The molecule has 0 fully saturated rings. The predicted octanol–water partition coefficient (Wildman–Crippen LogP) is 2.61. The molecule has 0 heterocycles. The molecule has 188 valence electrons. The van der Waals surface area contributed by atoms with Crippen LogP contribution in [0.25, 0.3) is 0 Å². The number of ether oxygens (including phenoxy) is 4. The van der Waals surface area contributed by atoms with Crippen molar-refractivity contribution in [1.82, 2.24) is 0 Å². The molecule has 0 unspecified atom stereocenters. The van der Waals surface area contributed by atoms with Crippen molar-refractivity contribution in [3.05, 3.63) is 24.3 Å². The Morgan fingerprint density at radius 1 is 0.606 bits per heavy atom. The summed E-state index contributed by atoms with van der Waals surface area (Å²) >= 11 is -4.23. The number of unbranched alkanes of at least 4 members (excludes halogenated alkanes) is 2. The van der Waals surface area contributed by atoms with Gasteiger partial charge in [-0.1, -0.05) is 0 Å². The fourth-order valence-electron chi connectivity index (χ4n) is 2.50. The number of carbonyl (C=O) groups is 4. The van der Waals surface area contributed by atoms with Crippen LogP contribution in [0.5, 0.6) is 0 Å². The molecular formula is C22H36O10Sn. The monoisotopic (exact) mass is 580 g/mol. The summed E-state index contributed by atoms with van der Waals surface area (Å²) in [6.45, 7) is 4.55. The summed E-state index contributed by atoms with van der Waals surface area (Å²) < 4.78 is 31.7. The first-order chi connectivity index (χ1) is 15.8. The van der Waals surface area contributed by atoms with Crippen LogP contribution in [-0.2, 0) is 44.3 Å². The molecule has 0 radical (unpaired) electrons. The summed E-state index contributed by atoms with van der Waals surface area (Å²) in [6.07, 6.45) is 6.94. The van der Waals surface area contributed by atoms with Crippen LogP contribution in [0.4, 0.5) is 0 Å². The van der Waals surface area contributed by atoms with Crippen molar-refractivity contribution in [2.24, 2.45) is 0 Å². The molecule has 0 saturated carbocycles. The third-order valence-electron chi connectivity index (χ3n) is 4.17.